The molecule has 32 heavy (non-hydrogen) atoms. The molecule has 1 aromatic carbocycles. The highest BCUT2D eigenvalue weighted by Gasteiger charge is 2.42. The van der Waals surface area contributed by atoms with E-state index in [0.29, 0.717) is 6.04 Å². The maximum atomic E-state index is 13.9. The summed E-state index contributed by atoms with van der Waals surface area (Å²) in [7, 11) is 4.03. The largest absolute Gasteiger partial charge is 0.406 e. The Labute approximate surface area is 190 Å². The lowest BCUT2D eigenvalue weighted by molar-refractivity contribution is -0.113. The van der Waals surface area contributed by atoms with E-state index < -0.39 is 0 Å². The van der Waals surface area contributed by atoms with Crippen molar-refractivity contribution < 1.29 is 9.63 Å². The predicted molar refractivity (Wildman–Crippen MR) is 128 cm³/mol. The summed E-state index contributed by atoms with van der Waals surface area (Å²) >= 11 is 0. The standard InChI is InChI=1S/C26H32N4O2/c1-18-17-22-24(25(27-18)28(2)3)23(26(31)30(22)20-9-7-8-10-20)19-13-15-29(16-14-19)32-21-11-5-4-6-12-21/h4-6,11-12,17,20H,7-10,13-16H2,1-3H3. The minimum atomic E-state index is 0.176. The number of hydrogen-bond acceptors (Lipinski definition) is 5. The lowest BCUT2D eigenvalue weighted by atomic mass is 9.94. The predicted octanol–water partition coefficient (Wildman–Crippen LogP) is 4.59. The fourth-order valence-electron chi connectivity index (χ4n) is 5.31. The second kappa shape index (κ2) is 8.58. The molecule has 1 amide bonds. The molecule has 2 fully saturated rings. The number of anilines is 2. The molecule has 1 saturated carbocycles. The first-order chi connectivity index (χ1) is 15.5. The van der Waals surface area contributed by atoms with Gasteiger partial charge in [0, 0.05) is 38.9 Å². The third kappa shape index (κ3) is 3.77. The maximum absolute atomic E-state index is 13.9. The molecule has 0 radical (unpaired) electrons. The van der Waals surface area contributed by atoms with E-state index in [1.807, 2.05) is 61.3 Å². The molecule has 1 saturated heterocycles. The number of carbonyl (C=O) groups is 1. The van der Waals surface area contributed by atoms with Gasteiger partial charge in [-0.3, -0.25) is 4.79 Å². The van der Waals surface area contributed by atoms with E-state index in [1.54, 1.807) is 0 Å². The molecule has 2 aliphatic heterocycles. The van der Waals surface area contributed by atoms with Crippen LogP contribution in [0.5, 0.6) is 5.75 Å². The highest BCUT2D eigenvalue weighted by molar-refractivity contribution is 6.34. The number of hydrogen-bond donors (Lipinski definition) is 0. The molecule has 1 aliphatic carbocycles. The highest BCUT2D eigenvalue weighted by atomic mass is 16.7. The molecule has 3 heterocycles. The molecule has 0 spiro atoms. The Morgan fingerprint density at radius 2 is 1.75 bits per heavy atom. The van der Waals surface area contributed by atoms with Crippen LogP contribution in [0.1, 0.15) is 49.8 Å². The summed E-state index contributed by atoms with van der Waals surface area (Å²) < 4.78 is 0. The van der Waals surface area contributed by atoms with Gasteiger partial charge in [0.25, 0.3) is 5.91 Å². The number of aryl methyl sites for hydroxylation is 1. The Kier molecular flexibility index (Phi) is 5.64. The van der Waals surface area contributed by atoms with Gasteiger partial charge in [-0.05, 0) is 50.8 Å². The van der Waals surface area contributed by atoms with Gasteiger partial charge in [-0.15, -0.1) is 5.06 Å². The molecule has 3 aliphatic rings. The Hall–Kier alpha value is -2.86. The summed E-state index contributed by atoms with van der Waals surface area (Å²) in [6.45, 7) is 3.57. The number of fused-ring (bicyclic) bond motifs is 1. The Balaban J connectivity index is 1.49. The fraction of sp³-hybridized carbons (Fsp3) is 0.462. The number of pyridine rings is 1. The number of amides is 1. The van der Waals surface area contributed by atoms with Crippen molar-refractivity contribution in [3.63, 3.8) is 0 Å². The van der Waals surface area contributed by atoms with E-state index in [9.17, 15) is 4.79 Å². The summed E-state index contributed by atoms with van der Waals surface area (Å²) in [6, 6.07) is 12.3. The number of para-hydroxylation sites is 1. The zero-order valence-electron chi connectivity index (χ0n) is 19.3. The minimum absolute atomic E-state index is 0.176. The second-order valence-electron chi connectivity index (χ2n) is 9.30. The van der Waals surface area contributed by atoms with Crippen molar-refractivity contribution in [1.82, 2.24) is 10.0 Å². The molecule has 0 bridgehead atoms. The summed E-state index contributed by atoms with van der Waals surface area (Å²) in [4.78, 5) is 28.9. The molecule has 6 nitrogen and oxygen atoms in total. The molecule has 0 N–H and O–H groups in total. The zero-order valence-corrected chi connectivity index (χ0v) is 19.3. The number of aromatic nitrogens is 1. The molecule has 0 unspecified atom stereocenters. The van der Waals surface area contributed by atoms with Gasteiger partial charge in [-0.25, -0.2) is 4.98 Å². The average Bonchev–Trinajstić information content (AvgIpc) is 3.40. The topological polar surface area (TPSA) is 48.9 Å². The third-order valence-corrected chi connectivity index (χ3v) is 6.82. The van der Waals surface area contributed by atoms with Crippen LogP contribution >= 0.6 is 0 Å². The summed E-state index contributed by atoms with van der Waals surface area (Å²) in [5, 5.41) is 2.01. The Bertz CT molecular complexity index is 1030. The van der Waals surface area contributed by atoms with Crippen LogP contribution in [-0.2, 0) is 4.79 Å². The summed E-state index contributed by atoms with van der Waals surface area (Å²) in [5.41, 5.74) is 5.18. The van der Waals surface area contributed by atoms with Gasteiger partial charge < -0.3 is 14.6 Å². The lowest BCUT2D eigenvalue weighted by Crippen LogP contribution is -2.37. The van der Waals surface area contributed by atoms with Crippen molar-refractivity contribution in [3.05, 3.63) is 53.2 Å². The van der Waals surface area contributed by atoms with Crippen LogP contribution in [0.3, 0.4) is 0 Å². The van der Waals surface area contributed by atoms with Gasteiger partial charge >= 0.3 is 0 Å². The molecule has 0 atom stereocenters. The first kappa shape index (κ1) is 21.0. The van der Waals surface area contributed by atoms with E-state index in [0.717, 1.165) is 72.9 Å². The molecule has 6 heteroatoms. The van der Waals surface area contributed by atoms with Crippen molar-refractivity contribution in [1.29, 1.82) is 0 Å². The first-order valence-electron chi connectivity index (χ1n) is 11.8. The van der Waals surface area contributed by atoms with Crippen molar-refractivity contribution in [2.24, 2.45) is 0 Å². The normalized spacial score (nSPS) is 19.6. The van der Waals surface area contributed by atoms with Gasteiger partial charge in [0.2, 0.25) is 0 Å². The number of nitrogens with zero attached hydrogens (tertiary/aromatic N) is 4. The van der Waals surface area contributed by atoms with Gasteiger partial charge in [-0.1, -0.05) is 36.6 Å². The number of piperidine rings is 1. The van der Waals surface area contributed by atoms with E-state index in [-0.39, 0.29) is 5.91 Å². The first-order valence-corrected chi connectivity index (χ1v) is 11.8. The number of carbonyl (C=O) groups excluding carboxylic acids is 1. The van der Waals surface area contributed by atoms with E-state index in [2.05, 4.69) is 11.0 Å². The summed E-state index contributed by atoms with van der Waals surface area (Å²) in [5.74, 6) is 1.93. The average molecular weight is 433 g/mol. The molecule has 2 aromatic rings. The molecule has 168 valence electrons. The number of rotatable bonds is 4. The van der Waals surface area contributed by atoms with Gasteiger partial charge in [-0.2, -0.15) is 0 Å². The fourth-order valence-corrected chi connectivity index (χ4v) is 5.31. The van der Waals surface area contributed by atoms with Crippen LogP contribution in [0, 0.1) is 6.92 Å². The summed E-state index contributed by atoms with van der Waals surface area (Å²) in [6.07, 6.45) is 6.23. The third-order valence-electron chi connectivity index (χ3n) is 6.82. The number of hydroxylamine groups is 2. The van der Waals surface area contributed by atoms with Crippen molar-refractivity contribution in [2.45, 2.75) is 51.5 Å². The Morgan fingerprint density at radius 1 is 1.06 bits per heavy atom. The van der Waals surface area contributed by atoms with Crippen molar-refractivity contribution >= 4 is 23.0 Å². The van der Waals surface area contributed by atoms with Crippen LogP contribution < -0.4 is 14.6 Å². The quantitative estimate of drug-likeness (QED) is 0.662. The Morgan fingerprint density at radius 3 is 2.41 bits per heavy atom. The van der Waals surface area contributed by atoms with Crippen molar-refractivity contribution in [3.8, 4) is 5.75 Å². The van der Waals surface area contributed by atoms with Crippen LogP contribution in [0.4, 0.5) is 11.5 Å². The SMILES string of the molecule is Cc1cc2c(c(N(C)C)n1)C(=C1CCN(Oc3ccccc3)CC1)C(=O)N2C1CCCC1. The molecular weight excluding hydrogens is 400 g/mol. The van der Waals surface area contributed by atoms with E-state index in [4.69, 9.17) is 9.82 Å². The van der Waals surface area contributed by atoms with Crippen LogP contribution in [0.2, 0.25) is 0 Å². The number of benzene rings is 1. The molecular formula is C26H32N4O2. The van der Waals surface area contributed by atoms with E-state index in [1.165, 1.54) is 18.4 Å². The zero-order chi connectivity index (χ0) is 22.2. The highest BCUT2D eigenvalue weighted by Crippen LogP contribution is 2.47. The van der Waals surface area contributed by atoms with Crippen LogP contribution in [0.15, 0.2) is 42.0 Å². The van der Waals surface area contributed by atoms with Gasteiger partial charge in [0.1, 0.15) is 11.6 Å². The minimum Gasteiger partial charge on any atom is -0.406 e. The monoisotopic (exact) mass is 432 g/mol. The van der Waals surface area contributed by atoms with Crippen LogP contribution in [0.25, 0.3) is 5.57 Å². The van der Waals surface area contributed by atoms with Gasteiger partial charge in [0.15, 0.2) is 0 Å². The molecule has 1 aromatic heterocycles. The smallest absolute Gasteiger partial charge is 0.259 e. The van der Waals surface area contributed by atoms with Crippen LogP contribution in [-0.4, -0.2) is 49.2 Å². The molecule has 5 rings (SSSR count). The van der Waals surface area contributed by atoms with Crippen molar-refractivity contribution in [2.75, 3.05) is 37.0 Å². The van der Waals surface area contributed by atoms with Gasteiger partial charge in [0.05, 0.1) is 16.8 Å². The maximum Gasteiger partial charge on any atom is 0.259 e. The second-order valence-corrected chi connectivity index (χ2v) is 9.30. The van der Waals surface area contributed by atoms with E-state index >= 15 is 0 Å². The lowest BCUT2D eigenvalue weighted by Gasteiger charge is -2.29.